The van der Waals surface area contributed by atoms with Crippen LogP contribution in [-0.4, -0.2) is 74.1 Å². The van der Waals surface area contributed by atoms with Gasteiger partial charge in [-0.15, -0.1) is 0 Å². The second-order valence-electron chi connectivity index (χ2n) is 9.03. The fraction of sp³-hybridized carbons (Fsp3) is 0.440. The molecule has 0 bridgehead atoms. The van der Waals surface area contributed by atoms with E-state index in [1.165, 1.54) is 6.07 Å². The summed E-state index contributed by atoms with van der Waals surface area (Å²) in [6.45, 7) is 8.89. The standard InChI is InChI=1S/C25H31N5O5/c1-18(2)25(32)29-11-9-27(10-12-29)21-6-4-20(5-7-21)26-24(31)19-3-8-22(23(17-19)30(33)34)28-13-15-35-16-14-28/h3-8,17-18H,9-16H2,1-2H3,(H,26,31). The molecule has 2 heterocycles. The number of piperazine rings is 1. The minimum Gasteiger partial charge on any atom is -0.378 e. The molecule has 0 aromatic heterocycles. The van der Waals surface area contributed by atoms with Gasteiger partial charge in [0.15, 0.2) is 0 Å². The molecule has 0 saturated carbocycles. The number of nitro benzene ring substituents is 1. The van der Waals surface area contributed by atoms with Gasteiger partial charge in [-0.2, -0.15) is 0 Å². The molecule has 186 valence electrons. The van der Waals surface area contributed by atoms with Crippen molar-refractivity contribution in [1.82, 2.24) is 4.90 Å². The molecule has 35 heavy (non-hydrogen) atoms. The van der Waals surface area contributed by atoms with Crippen LogP contribution in [0, 0.1) is 16.0 Å². The summed E-state index contributed by atoms with van der Waals surface area (Å²) in [5.41, 5.74) is 2.25. The van der Waals surface area contributed by atoms with E-state index in [9.17, 15) is 19.7 Å². The van der Waals surface area contributed by atoms with Crippen LogP contribution in [0.3, 0.4) is 0 Å². The molecule has 10 heteroatoms. The van der Waals surface area contributed by atoms with E-state index in [-0.39, 0.29) is 23.1 Å². The van der Waals surface area contributed by atoms with Crippen LogP contribution < -0.4 is 15.1 Å². The van der Waals surface area contributed by atoms with Gasteiger partial charge in [-0.3, -0.25) is 19.7 Å². The molecular formula is C25H31N5O5. The molecule has 2 aromatic carbocycles. The molecule has 0 radical (unpaired) electrons. The summed E-state index contributed by atoms with van der Waals surface area (Å²) in [6.07, 6.45) is 0. The van der Waals surface area contributed by atoms with E-state index in [0.717, 1.165) is 18.8 Å². The third-order valence-corrected chi connectivity index (χ3v) is 6.36. The second kappa shape index (κ2) is 10.7. The highest BCUT2D eigenvalue weighted by molar-refractivity contribution is 6.05. The lowest BCUT2D eigenvalue weighted by Gasteiger charge is -2.37. The number of carbonyl (C=O) groups is 2. The zero-order valence-electron chi connectivity index (χ0n) is 20.1. The Labute approximate surface area is 204 Å². The molecule has 2 aliphatic heterocycles. The first-order chi connectivity index (χ1) is 16.8. The van der Waals surface area contributed by atoms with Crippen molar-refractivity contribution in [2.24, 2.45) is 5.92 Å². The maximum absolute atomic E-state index is 12.8. The van der Waals surface area contributed by atoms with Gasteiger partial charge < -0.3 is 24.8 Å². The fourth-order valence-electron chi connectivity index (χ4n) is 4.39. The summed E-state index contributed by atoms with van der Waals surface area (Å²) >= 11 is 0. The Morgan fingerprint density at radius 1 is 0.943 bits per heavy atom. The average molecular weight is 482 g/mol. The van der Waals surface area contributed by atoms with E-state index >= 15 is 0 Å². The predicted molar refractivity (Wildman–Crippen MR) is 134 cm³/mol. The van der Waals surface area contributed by atoms with Gasteiger partial charge in [-0.1, -0.05) is 13.8 Å². The molecule has 2 saturated heterocycles. The normalized spacial score (nSPS) is 16.4. The molecule has 10 nitrogen and oxygen atoms in total. The number of amides is 2. The fourth-order valence-corrected chi connectivity index (χ4v) is 4.39. The van der Waals surface area contributed by atoms with Crippen LogP contribution in [0.25, 0.3) is 0 Å². The van der Waals surface area contributed by atoms with Gasteiger partial charge in [0.1, 0.15) is 5.69 Å². The largest absolute Gasteiger partial charge is 0.378 e. The van der Waals surface area contributed by atoms with E-state index in [1.807, 2.05) is 47.9 Å². The summed E-state index contributed by atoms with van der Waals surface area (Å²) in [5.74, 6) is -0.224. The van der Waals surface area contributed by atoms with Gasteiger partial charge in [-0.25, -0.2) is 0 Å². The van der Waals surface area contributed by atoms with E-state index < -0.39 is 10.8 Å². The maximum Gasteiger partial charge on any atom is 0.293 e. The Bertz CT molecular complexity index is 1070. The number of nitro groups is 1. The lowest BCUT2D eigenvalue weighted by atomic mass is 10.1. The number of anilines is 3. The van der Waals surface area contributed by atoms with Gasteiger partial charge in [0.05, 0.1) is 18.1 Å². The maximum atomic E-state index is 12.8. The summed E-state index contributed by atoms with van der Waals surface area (Å²) in [5, 5.41) is 14.5. The summed E-state index contributed by atoms with van der Waals surface area (Å²) in [4.78, 5) is 42.2. The number of benzene rings is 2. The molecule has 2 aliphatic rings. The lowest BCUT2D eigenvalue weighted by Crippen LogP contribution is -2.49. The Morgan fingerprint density at radius 3 is 2.20 bits per heavy atom. The van der Waals surface area contributed by atoms with E-state index in [2.05, 4.69) is 10.2 Å². The zero-order valence-corrected chi connectivity index (χ0v) is 20.1. The van der Waals surface area contributed by atoms with Crippen LogP contribution in [-0.2, 0) is 9.53 Å². The van der Waals surface area contributed by atoms with Crippen molar-refractivity contribution in [3.05, 3.63) is 58.1 Å². The molecule has 0 spiro atoms. The summed E-state index contributed by atoms with van der Waals surface area (Å²) in [7, 11) is 0. The number of rotatable bonds is 6. The van der Waals surface area contributed by atoms with Crippen LogP contribution in [0.15, 0.2) is 42.5 Å². The quantitative estimate of drug-likeness (QED) is 0.499. The smallest absolute Gasteiger partial charge is 0.293 e. The van der Waals surface area contributed by atoms with Crippen LogP contribution in [0.4, 0.5) is 22.7 Å². The minimum absolute atomic E-state index is 0.00134. The number of hydrogen-bond acceptors (Lipinski definition) is 7. The highest BCUT2D eigenvalue weighted by Crippen LogP contribution is 2.30. The van der Waals surface area contributed by atoms with Gasteiger partial charge in [0, 0.05) is 68.2 Å². The topological polar surface area (TPSA) is 108 Å². The van der Waals surface area contributed by atoms with E-state index in [4.69, 9.17) is 4.74 Å². The van der Waals surface area contributed by atoms with Crippen molar-refractivity contribution in [2.45, 2.75) is 13.8 Å². The highest BCUT2D eigenvalue weighted by Gasteiger charge is 2.24. The average Bonchev–Trinajstić information content (AvgIpc) is 2.89. The van der Waals surface area contributed by atoms with Crippen molar-refractivity contribution in [3.8, 4) is 0 Å². The third kappa shape index (κ3) is 5.71. The van der Waals surface area contributed by atoms with Gasteiger partial charge in [-0.05, 0) is 36.4 Å². The van der Waals surface area contributed by atoms with Crippen molar-refractivity contribution < 1.29 is 19.2 Å². The Hall–Kier alpha value is -3.66. The van der Waals surface area contributed by atoms with Crippen molar-refractivity contribution in [1.29, 1.82) is 0 Å². The van der Waals surface area contributed by atoms with Crippen LogP contribution >= 0.6 is 0 Å². The van der Waals surface area contributed by atoms with E-state index in [1.54, 1.807) is 12.1 Å². The molecule has 1 N–H and O–H groups in total. The Balaban J connectivity index is 1.39. The molecule has 0 unspecified atom stereocenters. The molecular weight excluding hydrogens is 450 g/mol. The lowest BCUT2D eigenvalue weighted by molar-refractivity contribution is -0.384. The molecule has 0 aliphatic carbocycles. The molecule has 0 atom stereocenters. The number of ether oxygens (including phenoxy) is 1. The Morgan fingerprint density at radius 2 is 1.60 bits per heavy atom. The SMILES string of the molecule is CC(C)C(=O)N1CCN(c2ccc(NC(=O)c3ccc(N4CCOCC4)c([N+](=O)[O-])c3)cc2)CC1. The zero-order chi connectivity index (χ0) is 24.9. The molecule has 4 rings (SSSR count). The highest BCUT2D eigenvalue weighted by atomic mass is 16.6. The first-order valence-electron chi connectivity index (χ1n) is 11.9. The number of morpholine rings is 1. The van der Waals surface area contributed by atoms with Gasteiger partial charge in [0.25, 0.3) is 11.6 Å². The van der Waals surface area contributed by atoms with E-state index in [0.29, 0.717) is 50.8 Å². The Kier molecular flexibility index (Phi) is 7.50. The second-order valence-corrected chi connectivity index (χ2v) is 9.03. The number of nitrogens with zero attached hydrogens (tertiary/aromatic N) is 4. The van der Waals surface area contributed by atoms with Gasteiger partial charge >= 0.3 is 0 Å². The van der Waals surface area contributed by atoms with Crippen molar-refractivity contribution >= 4 is 34.6 Å². The third-order valence-electron chi connectivity index (χ3n) is 6.36. The number of nitrogens with one attached hydrogen (secondary N) is 1. The van der Waals surface area contributed by atoms with Crippen molar-refractivity contribution in [3.63, 3.8) is 0 Å². The summed E-state index contributed by atoms with van der Waals surface area (Å²) < 4.78 is 5.33. The molecule has 2 fully saturated rings. The van der Waals surface area contributed by atoms with Crippen LogP contribution in [0.2, 0.25) is 0 Å². The molecule has 2 aromatic rings. The first-order valence-corrected chi connectivity index (χ1v) is 11.9. The predicted octanol–water partition coefficient (Wildman–Crippen LogP) is 2.99. The monoisotopic (exact) mass is 481 g/mol. The number of hydrogen-bond donors (Lipinski definition) is 1. The van der Waals surface area contributed by atoms with Crippen LogP contribution in [0.1, 0.15) is 24.2 Å². The minimum atomic E-state index is -0.454. The molecule has 2 amide bonds. The van der Waals surface area contributed by atoms with Gasteiger partial charge in [0.2, 0.25) is 5.91 Å². The van der Waals surface area contributed by atoms with Crippen LogP contribution in [0.5, 0.6) is 0 Å². The summed E-state index contributed by atoms with van der Waals surface area (Å²) in [6, 6.07) is 12.1. The first kappa shape index (κ1) is 24.5. The number of carbonyl (C=O) groups excluding carboxylic acids is 2. The van der Waals surface area contributed by atoms with Crippen molar-refractivity contribution in [2.75, 3.05) is 67.6 Å².